The highest BCUT2D eigenvalue weighted by molar-refractivity contribution is 5.33. The Morgan fingerprint density at radius 1 is 1.05 bits per heavy atom. The van der Waals surface area contributed by atoms with Crippen LogP contribution in [0.1, 0.15) is 65.2 Å². The van der Waals surface area contributed by atoms with Gasteiger partial charge in [-0.25, -0.2) is 0 Å². The zero-order chi connectivity index (χ0) is 15.8. The van der Waals surface area contributed by atoms with Crippen LogP contribution in [0.3, 0.4) is 0 Å². The van der Waals surface area contributed by atoms with Crippen molar-refractivity contribution < 1.29 is 15.3 Å². The molecular formula is C19H30O3. The second-order valence-corrected chi connectivity index (χ2v) is 8.93. The maximum atomic E-state index is 11.5. The summed E-state index contributed by atoms with van der Waals surface area (Å²) < 4.78 is 0. The van der Waals surface area contributed by atoms with Gasteiger partial charge >= 0.3 is 0 Å². The summed E-state index contributed by atoms with van der Waals surface area (Å²) in [6, 6.07) is 0. The first-order valence-corrected chi connectivity index (χ1v) is 9.10. The molecule has 0 saturated heterocycles. The maximum absolute atomic E-state index is 11.5. The van der Waals surface area contributed by atoms with E-state index in [9.17, 15) is 15.3 Å². The number of rotatable bonds is 0. The molecule has 3 nitrogen and oxygen atoms in total. The standard InChI is InChI=1S/C19H30O3/c1-17-8-5-13(20)11-12(17)3-4-15-14(17)6-9-18(2)16(21)7-10-19(15,18)22/h6,12-13,15-16,20-22H,3-5,7-11H2,1-2H3/t12?,13-,15-,16-,17+,18-,19+/m1/s1. The normalized spacial score (nSPS) is 57.6. The van der Waals surface area contributed by atoms with Gasteiger partial charge in [-0.3, -0.25) is 0 Å². The third-order valence-electron chi connectivity index (χ3n) is 8.14. The van der Waals surface area contributed by atoms with E-state index >= 15 is 0 Å². The molecule has 0 heterocycles. The second-order valence-electron chi connectivity index (χ2n) is 8.93. The number of allylic oxidation sites excluding steroid dienone is 1. The fourth-order valence-corrected chi connectivity index (χ4v) is 6.44. The van der Waals surface area contributed by atoms with Crippen LogP contribution in [-0.4, -0.2) is 33.1 Å². The summed E-state index contributed by atoms with van der Waals surface area (Å²) in [5, 5.41) is 32.0. The van der Waals surface area contributed by atoms with Crippen molar-refractivity contribution in [3.8, 4) is 0 Å². The highest BCUT2D eigenvalue weighted by Gasteiger charge is 2.64. The van der Waals surface area contributed by atoms with E-state index in [1.165, 1.54) is 5.57 Å². The number of aliphatic hydroxyl groups is 3. The fraction of sp³-hybridized carbons (Fsp3) is 0.895. The van der Waals surface area contributed by atoms with Crippen LogP contribution in [0.25, 0.3) is 0 Å². The molecule has 3 N–H and O–H groups in total. The summed E-state index contributed by atoms with van der Waals surface area (Å²) in [6.07, 6.45) is 9.04. The Labute approximate surface area is 133 Å². The Morgan fingerprint density at radius 2 is 1.82 bits per heavy atom. The quantitative estimate of drug-likeness (QED) is 0.603. The van der Waals surface area contributed by atoms with Crippen molar-refractivity contribution in [1.29, 1.82) is 0 Å². The second kappa shape index (κ2) is 4.58. The molecule has 4 rings (SSSR count). The van der Waals surface area contributed by atoms with E-state index in [1.807, 2.05) is 0 Å². The Kier molecular flexibility index (Phi) is 3.16. The molecule has 0 spiro atoms. The van der Waals surface area contributed by atoms with Gasteiger partial charge in [0.2, 0.25) is 0 Å². The zero-order valence-electron chi connectivity index (χ0n) is 13.9. The van der Waals surface area contributed by atoms with Crippen LogP contribution in [0.15, 0.2) is 11.6 Å². The van der Waals surface area contributed by atoms with Gasteiger partial charge in [0, 0.05) is 11.3 Å². The van der Waals surface area contributed by atoms with E-state index in [-0.39, 0.29) is 29.0 Å². The van der Waals surface area contributed by atoms with Crippen LogP contribution in [-0.2, 0) is 0 Å². The molecule has 0 aromatic rings. The lowest BCUT2D eigenvalue weighted by atomic mass is 9.48. The molecule has 3 saturated carbocycles. The van der Waals surface area contributed by atoms with Gasteiger partial charge in [0.05, 0.1) is 17.8 Å². The highest BCUT2D eigenvalue weighted by atomic mass is 16.3. The van der Waals surface area contributed by atoms with Crippen LogP contribution < -0.4 is 0 Å². The molecule has 22 heavy (non-hydrogen) atoms. The van der Waals surface area contributed by atoms with Gasteiger partial charge in [-0.1, -0.05) is 25.5 Å². The number of fused-ring (bicyclic) bond motifs is 5. The lowest BCUT2D eigenvalue weighted by Crippen LogP contribution is -2.58. The van der Waals surface area contributed by atoms with Crippen molar-refractivity contribution in [2.75, 3.05) is 0 Å². The minimum Gasteiger partial charge on any atom is -0.393 e. The van der Waals surface area contributed by atoms with Gasteiger partial charge in [0.25, 0.3) is 0 Å². The zero-order valence-corrected chi connectivity index (χ0v) is 13.9. The van der Waals surface area contributed by atoms with Gasteiger partial charge in [0.1, 0.15) is 0 Å². The van der Waals surface area contributed by atoms with Crippen molar-refractivity contribution >= 4 is 0 Å². The molecule has 7 atom stereocenters. The SMILES string of the molecule is C[C@]12CC[C@@H](O)CC1CC[C@@H]1C2=CC[C@]2(C)[C@H](O)CC[C@]12O. The van der Waals surface area contributed by atoms with E-state index in [1.54, 1.807) is 0 Å². The topological polar surface area (TPSA) is 60.7 Å². The predicted octanol–water partition coefficient (Wildman–Crippen LogP) is 2.79. The van der Waals surface area contributed by atoms with E-state index in [2.05, 4.69) is 19.9 Å². The first-order chi connectivity index (χ1) is 10.3. The van der Waals surface area contributed by atoms with Gasteiger partial charge < -0.3 is 15.3 Å². The van der Waals surface area contributed by atoms with Gasteiger partial charge in [-0.05, 0) is 62.7 Å². The van der Waals surface area contributed by atoms with Crippen LogP contribution >= 0.6 is 0 Å². The Morgan fingerprint density at radius 3 is 2.59 bits per heavy atom. The Balaban J connectivity index is 1.75. The monoisotopic (exact) mass is 306 g/mol. The summed E-state index contributed by atoms with van der Waals surface area (Å²) in [5.41, 5.74) is 0.482. The third kappa shape index (κ3) is 1.68. The predicted molar refractivity (Wildman–Crippen MR) is 85.2 cm³/mol. The summed E-state index contributed by atoms with van der Waals surface area (Å²) >= 11 is 0. The molecule has 124 valence electrons. The molecular weight excluding hydrogens is 276 g/mol. The van der Waals surface area contributed by atoms with Crippen molar-refractivity contribution in [1.82, 2.24) is 0 Å². The molecule has 3 fully saturated rings. The first kappa shape index (κ1) is 15.2. The van der Waals surface area contributed by atoms with Crippen LogP contribution in [0.5, 0.6) is 0 Å². The third-order valence-corrected chi connectivity index (χ3v) is 8.14. The van der Waals surface area contributed by atoms with Crippen LogP contribution in [0.4, 0.5) is 0 Å². The summed E-state index contributed by atoms with van der Waals surface area (Å²) in [4.78, 5) is 0. The highest BCUT2D eigenvalue weighted by Crippen LogP contribution is 2.65. The molecule has 0 aromatic carbocycles. The Bertz CT molecular complexity index is 515. The molecule has 4 aliphatic carbocycles. The molecule has 0 bridgehead atoms. The first-order valence-electron chi connectivity index (χ1n) is 9.10. The Hall–Kier alpha value is -0.380. The van der Waals surface area contributed by atoms with Crippen molar-refractivity contribution in [3.63, 3.8) is 0 Å². The van der Waals surface area contributed by atoms with Gasteiger partial charge in [-0.15, -0.1) is 0 Å². The van der Waals surface area contributed by atoms with E-state index < -0.39 is 5.60 Å². The lowest BCUT2D eigenvalue weighted by Gasteiger charge is -2.59. The molecule has 4 aliphatic rings. The maximum Gasteiger partial charge on any atom is 0.0794 e. The smallest absolute Gasteiger partial charge is 0.0794 e. The largest absolute Gasteiger partial charge is 0.393 e. The minimum atomic E-state index is -0.736. The lowest BCUT2D eigenvalue weighted by molar-refractivity contribution is -0.143. The molecule has 0 amide bonds. The average Bonchev–Trinajstić information content (AvgIpc) is 2.72. The molecule has 3 heteroatoms. The summed E-state index contributed by atoms with van der Waals surface area (Å²) in [7, 11) is 0. The number of aliphatic hydroxyl groups excluding tert-OH is 2. The van der Waals surface area contributed by atoms with Gasteiger partial charge in [-0.2, -0.15) is 0 Å². The van der Waals surface area contributed by atoms with Crippen molar-refractivity contribution in [2.24, 2.45) is 22.7 Å². The van der Waals surface area contributed by atoms with Crippen molar-refractivity contribution in [2.45, 2.75) is 83.0 Å². The average molecular weight is 306 g/mol. The van der Waals surface area contributed by atoms with Gasteiger partial charge in [0.15, 0.2) is 0 Å². The van der Waals surface area contributed by atoms with Crippen molar-refractivity contribution in [3.05, 3.63) is 11.6 Å². The summed E-state index contributed by atoms with van der Waals surface area (Å²) in [6.45, 7) is 4.44. The number of hydrogen-bond donors (Lipinski definition) is 3. The fourth-order valence-electron chi connectivity index (χ4n) is 6.44. The number of hydrogen-bond acceptors (Lipinski definition) is 3. The summed E-state index contributed by atoms with van der Waals surface area (Å²) in [5.74, 6) is 0.762. The van der Waals surface area contributed by atoms with Crippen LogP contribution in [0, 0.1) is 22.7 Å². The van der Waals surface area contributed by atoms with Crippen LogP contribution in [0.2, 0.25) is 0 Å². The van der Waals surface area contributed by atoms with E-state index in [0.717, 1.165) is 51.4 Å². The molecule has 1 unspecified atom stereocenters. The van der Waals surface area contributed by atoms with E-state index in [4.69, 9.17) is 0 Å². The molecule has 0 radical (unpaired) electrons. The molecule has 0 aromatic heterocycles. The minimum absolute atomic E-state index is 0.138. The molecule has 0 aliphatic heterocycles. The van der Waals surface area contributed by atoms with E-state index in [0.29, 0.717) is 5.92 Å².